The number of hydrogen-bond acceptors (Lipinski definition) is 2. The van der Waals surface area contributed by atoms with Crippen molar-refractivity contribution >= 4 is 0 Å². The van der Waals surface area contributed by atoms with Crippen LogP contribution in [-0.2, 0) is 0 Å². The summed E-state index contributed by atoms with van der Waals surface area (Å²) in [5.41, 5.74) is 1.28. The van der Waals surface area contributed by atoms with E-state index in [1.165, 1.54) is 24.8 Å². The van der Waals surface area contributed by atoms with Gasteiger partial charge in [-0.2, -0.15) is 0 Å². The Labute approximate surface area is 105 Å². The van der Waals surface area contributed by atoms with E-state index in [0.717, 1.165) is 18.8 Å². The second-order valence-electron chi connectivity index (χ2n) is 4.49. The van der Waals surface area contributed by atoms with E-state index in [0.29, 0.717) is 6.04 Å². The van der Waals surface area contributed by atoms with Crippen molar-refractivity contribution in [1.82, 2.24) is 5.32 Å². The zero-order chi connectivity index (χ0) is 12.5. The summed E-state index contributed by atoms with van der Waals surface area (Å²) < 4.78 is 5.76. The van der Waals surface area contributed by atoms with Crippen molar-refractivity contribution < 1.29 is 4.74 Å². The average Bonchev–Trinajstić information content (AvgIpc) is 2.38. The molecule has 96 valence electrons. The Kier molecular flexibility index (Phi) is 6.71. The summed E-state index contributed by atoms with van der Waals surface area (Å²) in [5, 5.41) is 3.24. The van der Waals surface area contributed by atoms with Gasteiger partial charge in [0.25, 0.3) is 0 Å². The Balaban J connectivity index is 2.38. The molecule has 17 heavy (non-hydrogen) atoms. The molecular formula is C15H25NO. The van der Waals surface area contributed by atoms with Crippen molar-refractivity contribution in [2.75, 3.05) is 13.7 Å². The molecule has 1 N–H and O–H groups in total. The normalized spacial score (nSPS) is 12.4. The third-order valence-corrected chi connectivity index (χ3v) is 3.06. The minimum absolute atomic E-state index is 0.374. The largest absolute Gasteiger partial charge is 0.494 e. The van der Waals surface area contributed by atoms with Crippen LogP contribution < -0.4 is 10.1 Å². The summed E-state index contributed by atoms with van der Waals surface area (Å²) in [4.78, 5) is 0. The lowest BCUT2D eigenvalue weighted by Crippen LogP contribution is -2.12. The van der Waals surface area contributed by atoms with Gasteiger partial charge in [-0.05, 0) is 38.1 Å². The van der Waals surface area contributed by atoms with Gasteiger partial charge in [0, 0.05) is 6.04 Å². The summed E-state index contributed by atoms with van der Waals surface area (Å²) in [7, 11) is 1.98. The SMILES string of the molecule is CCCCCCOc1cccc(C(C)NC)c1. The predicted molar refractivity (Wildman–Crippen MR) is 73.6 cm³/mol. The fourth-order valence-corrected chi connectivity index (χ4v) is 1.76. The molecule has 0 amide bonds. The first-order valence-electron chi connectivity index (χ1n) is 6.68. The average molecular weight is 235 g/mol. The lowest BCUT2D eigenvalue weighted by molar-refractivity contribution is 0.304. The molecule has 0 bridgehead atoms. The molecule has 0 fully saturated rings. The van der Waals surface area contributed by atoms with Gasteiger partial charge >= 0.3 is 0 Å². The highest BCUT2D eigenvalue weighted by Gasteiger charge is 2.03. The van der Waals surface area contributed by atoms with E-state index in [9.17, 15) is 0 Å². The zero-order valence-corrected chi connectivity index (χ0v) is 11.3. The predicted octanol–water partition coefficient (Wildman–Crippen LogP) is 3.93. The van der Waals surface area contributed by atoms with Crippen LogP contribution in [0.2, 0.25) is 0 Å². The van der Waals surface area contributed by atoms with Crippen LogP contribution in [0.1, 0.15) is 51.1 Å². The van der Waals surface area contributed by atoms with E-state index in [1.807, 2.05) is 13.1 Å². The van der Waals surface area contributed by atoms with Gasteiger partial charge in [0.1, 0.15) is 5.75 Å². The third kappa shape index (κ3) is 5.22. The van der Waals surface area contributed by atoms with Crippen LogP contribution in [0.4, 0.5) is 0 Å². The molecule has 0 saturated carbocycles. The molecule has 0 saturated heterocycles. The summed E-state index contributed by atoms with van der Waals surface area (Å²) in [6.45, 7) is 5.21. The van der Waals surface area contributed by atoms with Crippen molar-refractivity contribution in [3.05, 3.63) is 29.8 Å². The van der Waals surface area contributed by atoms with Crippen molar-refractivity contribution in [2.45, 2.75) is 45.6 Å². The van der Waals surface area contributed by atoms with E-state index in [2.05, 4.69) is 37.4 Å². The molecule has 0 heterocycles. The second kappa shape index (κ2) is 8.13. The van der Waals surface area contributed by atoms with Crippen LogP contribution in [0.5, 0.6) is 5.75 Å². The summed E-state index contributed by atoms with van der Waals surface area (Å²) in [6.07, 6.45) is 5.00. The number of hydrogen-bond donors (Lipinski definition) is 1. The smallest absolute Gasteiger partial charge is 0.119 e. The third-order valence-electron chi connectivity index (χ3n) is 3.06. The minimum atomic E-state index is 0.374. The minimum Gasteiger partial charge on any atom is -0.494 e. The number of benzene rings is 1. The first-order valence-corrected chi connectivity index (χ1v) is 6.68. The maximum Gasteiger partial charge on any atom is 0.119 e. The first-order chi connectivity index (χ1) is 8.27. The van der Waals surface area contributed by atoms with Crippen LogP contribution in [0.25, 0.3) is 0 Å². The van der Waals surface area contributed by atoms with Crippen LogP contribution >= 0.6 is 0 Å². The number of ether oxygens (including phenoxy) is 1. The summed E-state index contributed by atoms with van der Waals surface area (Å²) in [6, 6.07) is 8.72. The number of nitrogens with one attached hydrogen (secondary N) is 1. The Hall–Kier alpha value is -1.02. The molecule has 1 atom stereocenters. The van der Waals surface area contributed by atoms with Crippen LogP contribution in [-0.4, -0.2) is 13.7 Å². The van der Waals surface area contributed by atoms with Crippen LogP contribution in [0, 0.1) is 0 Å². The van der Waals surface area contributed by atoms with Crippen LogP contribution in [0.3, 0.4) is 0 Å². The molecule has 1 aromatic carbocycles. The Morgan fingerprint density at radius 2 is 2.06 bits per heavy atom. The maximum atomic E-state index is 5.76. The zero-order valence-electron chi connectivity index (χ0n) is 11.3. The quantitative estimate of drug-likeness (QED) is 0.689. The molecule has 0 aliphatic carbocycles. The standard InChI is InChI=1S/C15H25NO/c1-4-5-6-7-11-17-15-10-8-9-14(12-15)13(2)16-3/h8-10,12-13,16H,4-7,11H2,1-3H3. The topological polar surface area (TPSA) is 21.3 Å². The van der Waals surface area contributed by atoms with Gasteiger partial charge in [0.2, 0.25) is 0 Å². The molecule has 0 aliphatic heterocycles. The maximum absolute atomic E-state index is 5.76. The molecule has 2 heteroatoms. The van der Waals surface area contributed by atoms with Gasteiger partial charge < -0.3 is 10.1 Å². The van der Waals surface area contributed by atoms with Crippen molar-refractivity contribution in [1.29, 1.82) is 0 Å². The van der Waals surface area contributed by atoms with Gasteiger partial charge in [-0.15, -0.1) is 0 Å². The van der Waals surface area contributed by atoms with Crippen molar-refractivity contribution in [3.8, 4) is 5.75 Å². The number of unbranched alkanes of at least 4 members (excludes halogenated alkanes) is 3. The lowest BCUT2D eigenvalue weighted by Gasteiger charge is -2.12. The Morgan fingerprint density at radius 3 is 2.76 bits per heavy atom. The monoisotopic (exact) mass is 235 g/mol. The Bertz CT molecular complexity index is 312. The van der Waals surface area contributed by atoms with Gasteiger partial charge in [0.15, 0.2) is 0 Å². The molecule has 0 radical (unpaired) electrons. The summed E-state index contributed by atoms with van der Waals surface area (Å²) >= 11 is 0. The molecule has 0 spiro atoms. The molecule has 1 rings (SSSR count). The highest BCUT2D eigenvalue weighted by molar-refractivity contribution is 5.30. The van der Waals surface area contributed by atoms with Crippen molar-refractivity contribution in [3.63, 3.8) is 0 Å². The van der Waals surface area contributed by atoms with E-state index in [-0.39, 0.29) is 0 Å². The molecule has 2 nitrogen and oxygen atoms in total. The van der Waals surface area contributed by atoms with Gasteiger partial charge in [-0.25, -0.2) is 0 Å². The summed E-state index contributed by atoms with van der Waals surface area (Å²) in [5.74, 6) is 0.987. The van der Waals surface area contributed by atoms with Gasteiger partial charge in [-0.1, -0.05) is 38.3 Å². The molecule has 0 aromatic heterocycles. The fraction of sp³-hybridized carbons (Fsp3) is 0.600. The van der Waals surface area contributed by atoms with E-state index >= 15 is 0 Å². The van der Waals surface area contributed by atoms with Crippen LogP contribution in [0.15, 0.2) is 24.3 Å². The van der Waals surface area contributed by atoms with Crippen molar-refractivity contribution in [2.24, 2.45) is 0 Å². The highest BCUT2D eigenvalue weighted by atomic mass is 16.5. The first kappa shape index (κ1) is 14.0. The number of rotatable bonds is 8. The van der Waals surface area contributed by atoms with Gasteiger partial charge in [0.05, 0.1) is 6.61 Å². The molecular weight excluding hydrogens is 210 g/mol. The molecule has 1 aromatic rings. The molecule has 0 aliphatic rings. The lowest BCUT2D eigenvalue weighted by atomic mass is 10.1. The van der Waals surface area contributed by atoms with E-state index in [4.69, 9.17) is 4.74 Å². The van der Waals surface area contributed by atoms with Gasteiger partial charge in [-0.3, -0.25) is 0 Å². The second-order valence-corrected chi connectivity index (χ2v) is 4.49. The Morgan fingerprint density at radius 1 is 1.24 bits per heavy atom. The highest BCUT2D eigenvalue weighted by Crippen LogP contribution is 2.19. The fourth-order valence-electron chi connectivity index (χ4n) is 1.76. The molecule has 1 unspecified atom stereocenters. The van der Waals surface area contributed by atoms with E-state index < -0.39 is 0 Å². The van der Waals surface area contributed by atoms with E-state index in [1.54, 1.807) is 0 Å².